The summed E-state index contributed by atoms with van der Waals surface area (Å²) in [4.78, 5) is 7.68. The third-order valence-electron chi connectivity index (χ3n) is 2.32. The summed E-state index contributed by atoms with van der Waals surface area (Å²) in [6.45, 7) is 0.878. The number of H-pyrrole nitrogens is 1. The maximum absolute atomic E-state index is 13.1. The first-order valence-electron chi connectivity index (χ1n) is 5.55. The lowest BCUT2D eigenvalue weighted by Gasteiger charge is -2.05. The van der Waals surface area contributed by atoms with Gasteiger partial charge in [0.1, 0.15) is 0 Å². The second-order valence-corrected chi connectivity index (χ2v) is 3.72. The van der Waals surface area contributed by atoms with Crippen molar-refractivity contribution in [2.24, 2.45) is 0 Å². The molecule has 2 rings (SSSR count). The second-order valence-electron chi connectivity index (χ2n) is 3.72. The van der Waals surface area contributed by atoms with E-state index in [0.29, 0.717) is 13.2 Å². The summed E-state index contributed by atoms with van der Waals surface area (Å²) in [5.74, 6) is -0.416. The lowest BCUT2D eigenvalue weighted by atomic mass is 10.3. The van der Waals surface area contributed by atoms with Crippen molar-refractivity contribution < 1.29 is 13.9 Å². The smallest absolute Gasteiger partial charge is 0.255 e. The number of nitrogens with one attached hydrogen (secondary N) is 2. The number of methoxy groups -OCH3 is 2. The van der Waals surface area contributed by atoms with Crippen LogP contribution in [0.1, 0.15) is 11.4 Å². The average Bonchev–Trinajstić information content (AvgIpc) is 2.86. The first kappa shape index (κ1) is 13.2. The second kappa shape index (κ2) is 6.10. The van der Waals surface area contributed by atoms with Crippen molar-refractivity contribution in [3.63, 3.8) is 0 Å². The zero-order valence-electron chi connectivity index (χ0n) is 10.6. The molecule has 0 bridgehead atoms. The molecule has 0 unspecified atom stereocenters. The van der Waals surface area contributed by atoms with Gasteiger partial charge in [-0.2, -0.15) is 14.5 Å². The highest BCUT2D eigenvalue weighted by Crippen LogP contribution is 2.14. The Balaban J connectivity index is 1.97. The van der Waals surface area contributed by atoms with Crippen LogP contribution < -0.4 is 10.1 Å². The molecule has 2 N–H and O–H groups in total. The van der Waals surface area contributed by atoms with Gasteiger partial charge in [0.15, 0.2) is 0 Å². The van der Waals surface area contributed by atoms with E-state index < -0.39 is 5.82 Å². The van der Waals surface area contributed by atoms with Gasteiger partial charge in [-0.25, -0.2) is 4.98 Å². The zero-order chi connectivity index (χ0) is 13.7. The Labute approximate surface area is 109 Å². The molecule has 0 atom stereocenters. The number of ether oxygens (including phenoxy) is 2. The minimum Gasteiger partial charge on any atom is -0.479 e. The number of hydrogen-bond acceptors (Lipinski definition) is 6. The Bertz CT molecular complexity index is 546. The van der Waals surface area contributed by atoms with Gasteiger partial charge >= 0.3 is 0 Å². The van der Waals surface area contributed by atoms with Crippen molar-refractivity contribution in [3.05, 3.63) is 29.5 Å². The van der Waals surface area contributed by atoms with Gasteiger partial charge in [0, 0.05) is 7.11 Å². The Kier molecular flexibility index (Phi) is 4.24. The summed E-state index contributed by atoms with van der Waals surface area (Å²) in [7, 11) is 2.95. The van der Waals surface area contributed by atoms with Crippen LogP contribution in [-0.4, -0.2) is 34.4 Å². The van der Waals surface area contributed by atoms with Crippen molar-refractivity contribution in [1.82, 2.24) is 20.2 Å². The molecule has 0 spiro atoms. The van der Waals surface area contributed by atoms with Crippen molar-refractivity contribution in [2.45, 2.75) is 13.2 Å². The summed E-state index contributed by atoms with van der Waals surface area (Å²) in [6, 6.07) is 1.86. The molecular weight excluding hydrogens is 253 g/mol. The van der Waals surface area contributed by atoms with Gasteiger partial charge in [-0.05, 0) is 6.07 Å². The molecule has 8 heteroatoms. The van der Waals surface area contributed by atoms with Crippen LogP contribution in [-0.2, 0) is 17.9 Å². The Hall–Kier alpha value is -2.22. The fourth-order valence-corrected chi connectivity index (χ4v) is 1.48. The minimum absolute atomic E-state index is 0.0952. The van der Waals surface area contributed by atoms with Gasteiger partial charge in [-0.3, -0.25) is 5.10 Å². The summed E-state index contributed by atoms with van der Waals surface area (Å²) in [6.07, 6.45) is 1.05. The van der Waals surface area contributed by atoms with E-state index >= 15 is 0 Å². The van der Waals surface area contributed by atoms with Crippen LogP contribution in [0.25, 0.3) is 0 Å². The molecule has 2 aromatic heterocycles. The largest absolute Gasteiger partial charge is 0.479 e. The van der Waals surface area contributed by atoms with E-state index in [9.17, 15) is 4.39 Å². The standard InChI is InChI=1S/C11H14FN5O2/c1-18-6-8-3-7(16-17-8)4-13-11-14-5-9(12)10(15-11)19-2/h3,5H,4,6H2,1-2H3,(H,16,17)(H,13,14,15). The van der Waals surface area contributed by atoms with Crippen LogP contribution in [0.15, 0.2) is 12.3 Å². The predicted octanol–water partition coefficient (Wildman–Crippen LogP) is 1.11. The van der Waals surface area contributed by atoms with Crippen LogP contribution in [0.4, 0.5) is 10.3 Å². The summed E-state index contributed by atoms with van der Waals surface area (Å²) >= 11 is 0. The number of nitrogens with zero attached hydrogens (tertiary/aromatic N) is 3. The number of halogens is 1. The molecule has 102 valence electrons. The van der Waals surface area contributed by atoms with Crippen molar-refractivity contribution in [2.75, 3.05) is 19.5 Å². The molecule has 0 saturated carbocycles. The topological polar surface area (TPSA) is 85.0 Å². The lowest BCUT2D eigenvalue weighted by Crippen LogP contribution is -2.05. The molecule has 7 nitrogen and oxygen atoms in total. The van der Waals surface area contributed by atoms with Crippen molar-refractivity contribution in [1.29, 1.82) is 0 Å². The predicted molar refractivity (Wildman–Crippen MR) is 65.2 cm³/mol. The molecule has 2 aromatic rings. The monoisotopic (exact) mass is 267 g/mol. The molecule has 0 radical (unpaired) electrons. The fraction of sp³-hybridized carbons (Fsp3) is 0.364. The maximum atomic E-state index is 13.1. The third-order valence-corrected chi connectivity index (χ3v) is 2.32. The summed E-state index contributed by atoms with van der Waals surface area (Å²) in [5, 5.41) is 9.84. The van der Waals surface area contributed by atoms with Crippen molar-refractivity contribution >= 4 is 5.95 Å². The van der Waals surface area contributed by atoms with E-state index in [2.05, 4.69) is 25.5 Å². The van der Waals surface area contributed by atoms with E-state index in [-0.39, 0.29) is 11.8 Å². The van der Waals surface area contributed by atoms with E-state index in [4.69, 9.17) is 9.47 Å². The highest BCUT2D eigenvalue weighted by atomic mass is 19.1. The van der Waals surface area contributed by atoms with Crippen LogP contribution in [0.2, 0.25) is 0 Å². The number of rotatable bonds is 6. The first-order chi connectivity index (χ1) is 9.22. The van der Waals surface area contributed by atoms with E-state index in [1.165, 1.54) is 7.11 Å². The molecule has 2 heterocycles. The molecule has 0 aliphatic carbocycles. The third kappa shape index (κ3) is 3.38. The molecule has 0 saturated heterocycles. The molecule has 0 aliphatic rings. The van der Waals surface area contributed by atoms with E-state index in [0.717, 1.165) is 17.6 Å². The van der Waals surface area contributed by atoms with Gasteiger partial charge in [-0.1, -0.05) is 0 Å². The molecule has 0 aliphatic heterocycles. The van der Waals surface area contributed by atoms with E-state index in [1.54, 1.807) is 7.11 Å². The average molecular weight is 267 g/mol. The van der Waals surface area contributed by atoms with Crippen LogP contribution in [0.5, 0.6) is 5.88 Å². The van der Waals surface area contributed by atoms with Crippen molar-refractivity contribution in [3.8, 4) is 5.88 Å². The summed E-state index contributed by atoms with van der Waals surface area (Å²) in [5.41, 5.74) is 1.65. The normalized spacial score (nSPS) is 10.5. The van der Waals surface area contributed by atoms with Gasteiger partial charge in [0.2, 0.25) is 11.8 Å². The maximum Gasteiger partial charge on any atom is 0.255 e. The van der Waals surface area contributed by atoms with Crippen LogP contribution >= 0.6 is 0 Å². The lowest BCUT2D eigenvalue weighted by molar-refractivity contribution is 0.181. The molecule has 19 heavy (non-hydrogen) atoms. The van der Waals surface area contributed by atoms with Gasteiger partial charge in [0.25, 0.3) is 5.88 Å². The summed E-state index contributed by atoms with van der Waals surface area (Å²) < 4.78 is 22.8. The van der Waals surface area contributed by atoms with Gasteiger partial charge in [-0.15, -0.1) is 0 Å². The first-order valence-corrected chi connectivity index (χ1v) is 5.55. The number of aromatic amines is 1. The molecule has 0 amide bonds. The highest BCUT2D eigenvalue weighted by Gasteiger charge is 2.07. The molecule has 0 aromatic carbocycles. The Morgan fingerprint density at radius 1 is 1.42 bits per heavy atom. The quantitative estimate of drug-likeness (QED) is 0.815. The zero-order valence-corrected chi connectivity index (χ0v) is 10.6. The van der Waals surface area contributed by atoms with Gasteiger partial charge in [0.05, 0.1) is 37.8 Å². The highest BCUT2D eigenvalue weighted by molar-refractivity contribution is 5.29. The minimum atomic E-state index is -0.600. The Morgan fingerprint density at radius 2 is 2.26 bits per heavy atom. The number of aromatic nitrogens is 4. The molecule has 0 fully saturated rings. The van der Waals surface area contributed by atoms with Gasteiger partial charge < -0.3 is 14.8 Å². The number of anilines is 1. The Morgan fingerprint density at radius 3 is 3.00 bits per heavy atom. The fourth-order valence-electron chi connectivity index (χ4n) is 1.48. The van der Waals surface area contributed by atoms with Crippen LogP contribution in [0.3, 0.4) is 0 Å². The molecular formula is C11H14FN5O2. The van der Waals surface area contributed by atoms with E-state index in [1.807, 2.05) is 6.07 Å². The number of hydrogen-bond donors (Lipinski definition) is 2. The van der Waals surface area contributed by atoms with Crippen LogP contribution in [0, 0.1) is 5.82 Å². The SMILES string of the molecule is COCc1cc(CNc2ncc(F)c(OC)n2)[nH]n1.